The molecular weight excluding hydrogens is 1180 g/mol. The lowest BCUT2D eigenvalue weighted by molar-refractivity contribution is 0.258. The lowest BCUT2D eigenvalue weighted by Gasteiger charge is -2.17. The smallest absolute Gasteiger partial charge is 0.248 e. The molecule has 10 heteroatoms. The molecule has 6 rings (SSSR count). The van der Waals surface area contributed by atoms with E-state index in [1.807, 2.05) is 42.5 Å². The van der Waals surface area contributed by atoms with Gasteiger partial charge in [-0.05, 0) is 111 Å². The first-order valence-corrected chi connectivity index (χ1v) is 40.2. The summed E-state index contributed by atoms with van der Waals surface area (Å²) in [5, 5.41) is 9.10. The Morgan fingerprint density at radius 1 is 0.240 bits per heavy atom. The highest BCUT2D eigenvalue weighted by Gasteiger charge is 2.21. The van der Waals surface area contributed by atoms with Gasteiger partial charge in [-0.3, -0.25) is 0 Å². The molecule has 0 bridgehead atoms. The fourth-order valence-electron chi connectivity index (χ4n) is 13.0. The molecular formula is C86H134N4O6. The van der Waals surface area contributed by atoms with E-state index < -0.39 is 0 Å². The van der Waals surface area contributed by atoms with Gasteiger partial charge in [0.2, 0.25) is 11.8 Å². The first-order valence-electron chi connectivity index (χ1n) is 40.2. The van der Waals surface area contributed by atoms with E-state index >= 15 is 0 Å². The van der Waals surface area contributed by atoms with Crippen molar-refractivity contribution in [2.75, 3.05) is 33.0 Å². The van der Waals surface area contributed by atoms with Crippen molar-refractivity contribution in [1.82, 2.24) is 20.2 Å². The molecule has 10 nitrogen and oxygen atoms in total. The summed E-state index contributed by atoms with van der Waals surface area (Å²) < 4.78 is 39.5. The molecule has 96 heavy (non-hydrogen) atoms. The highest BCUT2D eigenvalue weighted by atomic mass is 16.5. The molecule has 2 heterocycles. The Kier molecular flexibility index (Phi) is 43.3. The van der Waals surface area contributed by atoms with Crippen molar-refractivity contribution in [1.29, 1.82) is 0 Å². The quantitative estimate of drug-likeness (QED) is 0.0342. The van der Waals surface area contributed by atoms with Crippen LogP contribution in [0, 0.1) is 0 Å². The molecule has 2 aromatic heterocycles. The first kappa shape index (κ1) is 79.3. The molecule has 4 aromatic carbocycles. The molecule has 0 unspecified atom stereocenters. The third-order valence-electron chi connectivity index (χ3n) is 19.2. The van der Waals surface area contributed by atoms with Gasteiger partial charge in [0.25, 0.3) is 0 Å². The van der Waals surface area contributed by atoms with E-state index in [4.69, 9.17) is 38.1 Å². The van der Waals surface area contributed by atoms with E-state index in [-0.39, 0.29) is 0 Å². The standard InChI is InChI=1S/C86H134N4O6/c1-6-11-16-21-26-31-35-40-45-50-65-92-79-62-57-73(70-81(79)94-67-52-47-42-37-33-28-23-18-13-8-3)83-84(74-58-63-80(93-66-51-46-41-36-32-27-22-17-12-7-2)82(71-74)95-68-53-48-43-38-34-29-24-19-14-9-4)88-78-69-75(56-61-77(78)87-83)86-90-89-85(96-86)72-54-59-76(60-55-72)91-64-49-44-39-30-25-20-15-10-5/h54-63,69-71H,6-53,64-68H2,1-5H3. The molecule has 534 valence electrons. The number of rotatable bonds is 62. The molecule has 0 saturated heterocycles. The number of benzene rings is 4. The Morgan fingerprint density at radius 3 is 0.854 bits per heavy atom. The molecule has 0 aliphatic rings. The number of unbranched alkanes of at least 4 members (excludes halogenated alkanes) is 43. The Labute approximate surface area is 585 Å². The minimum Gasteiger partial charge on any atom is -0.494 e. The van der Waals surface area contributed by atoms with E-state index in [9.17, 15) is 0 Å². The minimum absolute atomic E-state index is 0.415. The van der Waals surface area contributed by atoms with Gasteiger partial charge in [-0.15, -0.1) is 10.2 Å². The highest BCUT2D eigenvalue weighted by Crippen LogP contribution is 2.41. The summed E-state index contributed by atoms with van der Waals surface area (Å²) in [6, 6.07) is 26.8. The van der Waals surface area contributed by atoms with E-state index in [0.717, 1.165) is 119 Å². The Bertz CT molecular complexity index is 2870. The average Bonchev–Trinajstić information content (AvgIpc) is 0.956. The van der Waals surface area contributed by atoms with Gasteiger partial charge in [-0.25, -0.2) is 9.97 Å². The van der Waals surface area contributed by atoms with E-state index in [1.165, 1.54) is 263 Å². The van der Waals surface area contributed by atoms with Crippen LogP contribution >= 0.6 is 0 Å². The summed E-state index contributed by atoms with van der Waals surface area (Å²) in [6.07, 6.45) is 61.3. The van der Waals surface area contributed by atoms with Crippen molar-refractivity contribution in [3.8, 4) is 74.2 Å². The largest absolute Gasteiger partial charge is 0.494 e. The van der Waals surface area contributed by atoms with Crippen LogP contribution in [0.1, 0.15) is 343 Å². The average molecular weight is 1320 g/mol. The zero-order chi connectivity index (χ0) is 67.4. The van der Waals surface area contributed by atoms with Crippen LogP contribution < -0.4 is 23.7 Å². The van der Waals surface area contributed by atoms with Gasteiger partial charge in [-0.1, -0.05) is 311 Å². The molecule has 6 aromatic rings. The highest BCUT2D eigenvalue weighted by molar-refractivity contribution is 5.89. The monoisotopic (exact) mass is 1320 g/mol. The summed E-state index contributed by atoms with van der Waals surface area (Å²) in [5.41, 5.74) is 6.37. The van der Waals surface area contributed by atoms with Crippen LogP contribution in [-0.4, -0.2) is 53.2 Å². The van der Waals surface area contributed by atoms with E-state index in [0.29, 0.717) is 43.7 Å². The minimum atomic E-state index is 0.415. The number of hydrogen-bond acceptors (Lipinski definition) is 10. The van der Waals surface area contributed by atoms with Crippen LogP contribution in [0.15, 0.2) is 83.3 Å². The van der Waals surface area contributed by atoms with Gasteiger partial charge >= 0.3 is 0 Å². The summed E-state index contributed by atoms with van der Waals surface area (Å²) >= 11 is 0. The molecule has 0 amide bonds. The second-order valence-electron chi connectivity index (χ2n) is 27.8. The van der Waals surface area contributed by atoms with Gasteiger partial charge in [0, 0.05) is 22.3 Å². The lowest BCUT2D eigenvalue weighted by Crippen LogP contribution is -2.04. The second-order valence-corrected chi connectivity index (χ2v) is 27.8. The maximum Gasteiger partial charge on any atom is 0.248 e. The maximum atomic E-state index is 6.81. The Hall–Kier alpha value is -5.64. The number of fused-ring (bicyclic) bond motifs is 1. The molecule has 0 saturated carbocycles. The van der Waals surface area contributed by atoms with Crippen LogP contribution in [0.2, 0.25) is 0 Å². The molecule has 0 atom stereocenters. The fraction of sp³-hybridized carbons (Fsp3) is 0.674. The van der Waals surface area contributed by atoms with Crippen molar-refractivity contribution in [2.45, 2.75) is 343 Å². The molecule has 0 aliphatic heterocycles. The zero-order valence-electron chi connectivity index (χ0n) is 61.7. The summed E-state index contributed by atoms with van der Waals surface area (Å²) in [6.45, 7) is 14.7. The van der Waals surface area contributed by atoms with E-state index in [1.54, 1.807) is 0 Å². The van der Waals surface area contributed by atoms with Gasteiger partial charge in [0.15, 0.2) is 23.0 Å². The molecule has 0 fully saturated rings. The van der Waals surface area contributed by atoms with Crippen LogP contribution in [0.25, 0.3) is 56.5 Å². The van der Waals surface area contributed by atoms with Crippen LogP contribution in [0.4, 0.5) is 0 Å². The van der Waals surface area contributed by atoms with E-state index in [2.05, 4.69) is 81.2 Å². The molecule has 0 N–H and O–H groups in total. The third-order valence-corrected chi connectivity index (χ3v) is 19.2. The molecule has 0 spiro atoms. The summed E-state index contributed by atoms with van der Waals surface area (Å²) in [7, 11) is 0. The van der Waals surface area contributed by atoms with Crippen molar-refractivity contribution < 1.29 is 28.1 Å². The summed E-state index contributed by atoms with van der Waals surface area (Å²) in [5.74, 6) is 4.77. The third kappa shape index (κ3) is 32.8. The van der Waals surface area contributed by atoms with Crippen molar-refractivity contribution in [3.05, 3.63) is 78.9 Å². The van der Waals surface area contributed by atoms with Crippen molar-refractivity contribution in [2.24, 2.45) is 0 Å². The number of nitrogens with zero attached hydrogens (tertiary/aromatic N) is 4. The van der Waals surface area contributed by atoms with Gasteiger partial charge in [0.1, 0.15) is 5.75 Å². The normalized spacial score (nSPS) is 11.5. The predicted molar refractivity (Wildman–Crippen MR) is 407 cm³/mol. The van der Waals surface area contributed by atoms with Crippen LogP contribution in [0.5, 0.6) is 28.7 Å². The van der Waals surface area contributed by atoms with Gasteiger partial charge in [-0.2, -0.15) is 0 Å². The Morgan fingerprint density at radius 2 is 0.510 bits per heavy atom. The van der Waals surface area contributed by atoms with Crippen molar-refractivity contribution >= 4 is 11.0 Å². The van der Waals surface area contributed by atoms with Gasteiger partial charge < -0.3 is 28.1 Å². The van der Waals surface area contributed by atoms with Crippen LogP contribution in [-0.2, 0) is 0 Å². The first-order chi connectivity index (χ1) is 47.5. The summed E-state index contributed by atoms with van der Waals surface area (Å²) in [4.78, 5) is 11.1. The second kappa shape index (κ2) is 52.4. The fourth-order valence-corrected chi connectivity index (χ4v) is 13.0. The van der Waals surface area contributed by atoms with Crippen LogP contribution in [0.3, 0.4) is 0 Å². The lowest BCUT2D eigenvalue weighted by atomic mass is 10.0. The Balaban J connectivity index is 1.26. The molecule has 0 radical (unpaired) electrons. The number of hydrogen-bond donors (Lipinski definition) is 0. The number of ether oxygens (including phenoxy) is 5. The number of aromatic nitrogens is 4. The predicted octanol–water partition coefficient (Wildman–Crippen LogP) is 27.4. The SMILES string of the molecule is CCCCCCCCCCCCOc1ccc(-c2nc3ccc(-c4nnc(-c5ccc(OCCCCCCCCCC)cc5)o4)cc3nc2-c2ccc(OCCCCCCCCCCCC)c(OCCCCCCCCCCCC)c2)cc1OCCCCCCCCCCCC. The molecule has 0 aliphatic carbocycles. The maximum absolute atomic E-state index is 6.81. The topological polar surface area (TPSA) is 111 Å². The van der Waals surface area contributed by atoms with Crippen molar-refractivity contribution in [3.63, 3.8) is 0 Å². The zero-order valence-corrected chi connectivity index (χ0v) is 61.7. The van der Waals surface area contributed by atoms with Gasteiger partial charge in [0.05, 0.1) is 55.5 Å².